The smallest absolute Gasteiger partial charge is 0.113 e. The highest BCUT2D eigenvalue weighted by atomic mass is 16.6. The van der Waals surface area contributed by atoms with E-state index in [9.17, 15) is 10.2 Å². The fourth-order valence-corrected chi connectivity index (χ4v) is 2.66. The molecule has 0 unspecified atom stereocenters. The summed E-state index contributed by atoms with van der Waals surface area (Å²) in [7, 11) is 0. The van der Waals surface area contributed by atoms with Crippen molar-refractivity contribution in [1.29, 1.82) is 0 Å². The van der Waals surface area contributed by atoms with Crippen molar-refractivity contribution in [3.63, 3.8) is 0 Å². The van der Waals surface area contributed by atoms with E-state index < -0.39 is 5.60 Å². The van der Waals surface area contributed by atoms with Gasteiger partial charge in [-0.2, -0.15) is 0 Å². The summed E-state index contributed by atoms with van der Waals surface area (Å²) in [5.41, 5.74) is -0.813. The lowest BCUT2D eigenvalue weighted by Crippen LogP contribution is -2.46. The Bertz CT molecular complexity index is 213. The van der Waals surface area contributed by atoms with Crippen LogP contribution >= 0.6 is 0 Å². The molecule has 1 saturated heterocycles. The molecule has 0 aromatic heterocycles. The molecule has 1 aliphatic heterocycles. The molecule has 1 aliphatic carbocycles. The van der Waals surface area contributed by atoms with Crippen molar-refractivity contribution in [3.8, 4) is 0 Å². The van der Waals surface area contributed by atoms with Gasteiger partial charge in [0.2, 0.25) is 0 Å². The third kappa shape index (κ3) is 1.69. The van der Waals surface area contributed by atoms with Crippen LogP contribution in [0.4, 0.5) is 0 Å². The van der Waals surface area contributed by atoms with Gasteiger partial charge in [-0.25, -0.2) is 0 Å². The highest BCUT2D eigenvalue weighted by molar-refractivity contribution is 5.09. The van der Waals surface area contributed by atoms with E-state index in [1.165, 1.54) is 0 Å². The minimum absolute atomic E-state index is 0.0206. The Morgan fingerprint density at radius 1 is 1.50 bits per heavy atom. The molecule has 2 rings (SSSR count). The number of rotatable bonds is 3. The van der Waals surface area contributed by atoms with Crippen LogP contribution in [0.2, 0.25) is 0 Å². The number of hydrogen-bond acceptors (Lipinski definition) is 3. The van der Waals surface area contributed by atoms with Crippen LogP contribution in [0.5, 0.6) is 0 Å². The molecule has 2 N–H and O–H groups in total. The first-order valence-electron chi connectivity index (χ1n) is 5.62. The lowest BCUT2D eigenvalue weighted by molar-refractivity contribution is -0.0443. The van der Waals surface area contributed by atoms with Crippen molar-refractivity contribution >= 4 is 0 Å². The summed E-state index contributed by atoms with van der Waals surface area (Å²) >= 11 is 0. The summed E-state index contributed by atoms with van der Waals surface area (Å²) in [5, 5.41) is 19.8. The number of hydrogen-bond donors (Lipinski definition) is 2. The monoisotopic (exact) mass is 200 g/mol. The summed E-state index contributed by atoms with van der Waals surface area (Å²) in [4.78, 5) is 0. The lowest BCUT2D eigenvalue weighted by Gasteiger charge is -2.33. The molecular weight excluding hydrogens is 180 g/mol. The number of aliphatic hydroxyl groups is 2. The number of ether oxygens (including phenoxy) is 1. The minimum Gasteiger partial charge on any atom is -0.393 e. The fourth-order valence-electron chi connectivity index (χ4n) is 2.66. The van der Waals surface area contributed by atoms with E-state index in [4.69, 9.17) is 4.74 Å². The van der Waals surface area contributed by atoms with E-state index in [2.05, 4.69) is 6.92 Å². The number of fused-ring (bicyclic) bond motifs is 1. The van der Waals surface area contributed by atoms with E-state index in [1.54, 1.807) is 6.92 Å². The van der Waals surface area contributed by atoms with Gasteiger partial charge in [-0.15, -0.1) is 0 Å². The normalized spacial score (nSPS) is 51.4. The maximum Gasteiger partial charge on any atom is 0.113 e. The molecule has 3 heteroatoms. The van der Waals surface area contributed by atoms with Crippen LogP contribution in [0.25, 0.3) is 0 Å². The summed E-state index contributed by atoms with van der Waals surface area (Å²) in [6.45, 7) is 3.91. The third-order valence-corrected chi connectivity index (χ3v) is 3.57. The second kappa shape index (κ2) is 3.47. The van der Waals surface area contributed by atoms with Crippen LogP contribution in [-0.2, 0) is 4.74 Å². The maximum atomic E-state index is 9.91. The van der Waals surface area contributed by atoms with Crippen LogP contribution in [-0.4, -0.2) is 34.1 Å². The molecule has 1 heterocycles. The standard InChI is InChI=1S/C11H20O3/c1-3-4-5-7-8(12)6-11(2,13)10-9(7)14-10/h7-10,12-13H,3-6H2,1-2H3/t7-,8-,9+,10+,11+/m1/s1. The summed E-state index contributed by atoms with van der Waals surface area (Å²) < 4.78 is 5.46. The second-order valence-corrected chi connectivity index (χ2v) is 4.96. The zero-order chi connectivity index (χ0) is 10.3. The van der Waals surface area contributed by atoms with Crippen molar-refractivity contribution < 1.29 is 14.9 Å². The molecule has 0 radical (unpaired) electrons. The Labute approximate surface area is 85.1 Å². The number of aliphatic hydroxyl groups excluding tert-OH is 1. The highest BCUT2D eigenvalue weighted by Gasteiger charge is 2.60. The predicted molar refractivity (Wildman–Crippen MR) is 52.9 cm³/mol. The first-order chi connectivity index (χ1) is 6.56. The van der Waals surface area contributed by atoms with E-state index in [0.717, 1.165) is 19.3 Å². The molecular formula is C11H20O3. The van der Waals surface area contributed by atoms with Gasteiger partial charge < -0.3 is 14.9 Å². The first kappa shape index (κ1) is 10.4. The molecule has 2 aliphatic rings. The van der Waals surface area contributed by atoms with Gasteiger partial charge in [0.05, 0.1) is 17.8 Å². The zero-order valence-corrected chi connectivity index (χ0v) is 8.94. The number of unbranched alkanes of at least 4 members (excludes halogenated alkanes) is 1. The van der Waals surface area contributed by atoms with E-state index in [0.29, 0.717) is 6.42 Å². The Hall–Kier alpha value is -0.120. The average Bonchev–Trinajstić information content (AvgIpc) is 2.83. The molecule has 0 aromatic rings. The quantitative estimate of drug-likeness (QED) is 0.670. The van der Waals surface area contributed by atoms with Crippen LogP contribution < -0.4 is 0 Å². The van der Waals surface area contributed by atoms with E-state index in [-0.39, 0.29) is 24.2 Å². The van der Waals surface area contributed by atoms with Gasteiger partial charge in [0.1, 0.15) is 6.10 Å². The summed E-state index contributed by atoms with van der Waals surface area (Å²) in [5.74, 6) is 0.250. The van der Waals surface area contributed by atoms with Gasteiger partial charge in [0.15, 0.2) is 0 Å². The molecule has 0 spiro atoms. The molecule has 3 nitrogen and oxygen atoms in total. The fraction of sp³-hybridized carbons (Fsp3) is 1.00. The molecule has 0 aromatic carbocycles. The van der Waals surface area contributed by atoms with Crippen molar-refractivity contribution in [2.45, 2.75) is 63.4 Å². The summed E-state index contributed by atoms with van der Waals surface area (Å²) in [6.07, 6.45) is 3.47. The predicted octanol–water partition coefficient (Wildman–Crippen LogP) is 1.08. The van der Waals surface area contributed by atoms with Crippen molar-refractivity contribution in [3.05, 3.63) is 0 Å². The topological polar surface area (TPSA) is 53.0 Å². The Morgan fingerprint density at radius 3 is 2.86 bits per heavy atom. The van der Waals surface area contributed by atoms with Gasteiger partial charge in [0.25, 0.3) is 0 Å². The minimum atomic E-state index is -0.813. The lowest BCUT2D eigenvalue weighted by atomic mass is 9.76. The van der Waals surface area contributed by atoms with Crippen molar-refractivity contribution in [2.24, 2.45) is 5.92 Å². The van der Waals surface area contributed by atoms with Crippen molar-refractivity contribution in [2.75, 3.05) is 0 Å². The molecule has 2 fully saturated rings. The molecule has 0 amide bonds. The largest absolute Gasteiger partial charge is 0.393 e. The van der Waals surface area contributed by atoms with Crippen LogP contribution in [0, 0.1) is 5.92 Å². The first-order valence-corrected chi connectivity index (χ1v) is 5.62. The Kier molecular flexibility index (Phi) is 2.58. The van der Waals surface area contributed by atoms with Gasteiger partial charge in [0, 0.05) is 12.3 Å². The number of epoxide rings is 1. The molecule has 14 heavy (non-hydrogen) atoms. The Morgan fingerprint density at radius 2 is 2.21 bits per heavy atom. The van der Waals surface area contributed by atoms with Crippen molar-refractivity contribution in [1.82, 2.24) is 0 Å². The average molecular weight is 200 g/mol. The van der Waals surface area contributed by atoms with Crippen LogP contribution in [0.3, 0.4) is 0 Å². The van der Waals surface area contributed by atoms with Gasteiger partial charge in [-0.3, -0.25) is 0 Å². The molecule has 0 bridgehead atoms. The molecule has 5 atom stereocenters. The zero-order valence-electron chi connectivity index (χ0n) is 8.94. The van der Waals surface area contributed by atoms with Gasteiger partial charge >= 0.3 is 0 Å². The van der Waals surface area contributed by atoms with E-state index in [1.807, 2.05) is 0 Å². The Balaban J connectivity index is 1.95. The third-order valence-electron chi connectivity index (χ3n) is 3.57. The van der Waals surface area contributed by atoms with Gasteiger partial charge in [-0.1, -0.05) is 19.8 Å². The van der Waals surface area contributed by atoms with Crippen LogP contribution in [0.1, 0.15) is 39.5 Å². The van der Waals surface area contributed by atoms with E-state index >= 15 is 0 Å². The highest BCUT2D eigenvalue weighted by Crippen LogP contribution is 2.47. The molecule has 1 saturated carbocycles. The van der Waals surface area contributed by atoms with Gasteiger partial charge in [-0.05, 0) is 13.3 Å². The maximum absolute atomic E-state index is 9.91. The molecule has 82 valence electrons. The second-order valence-electron chi connectivity index (χ2n) is 4.96. The van der Waals surface area contributed by atoms with Crippen LogP contribution in [0.15, 0.2) is 0 Å². The summed E-state index contributed by atoms with van der Waals surface area (Å²) in [6, 6.07) is 0. The SMILES string of the molecule is CCCC[C@H]1[C@@H]2O[C@@H]2[C@@](C)(O)C[C@H]1O.